The van der Waals surface area contributed by atoms with Crippen molar-refractivity contribution >= 4 is 5.82 Å². The Morgan fingerprint density at radius 3 is 2.61 bits per heavy atom. The molecule has 0 aromatic carbocycles. The quantitative estimate of drug-likeness (QED) is 0.918. The highest BCUT2D eigenvalue weighted by Crippen LogP contribution is 2.35. The van der Waals surface area contributed by atoms with Gasteiger partial charge in [-0.3, -0.25) is 4.98 Å². The molecular formula is C18H22N4O. The molecule has 1 saturated carbocycles. The zero-order chi connectivity index (χ0) is 15.6. The first-order chi connectivity index (χ1) is 11.4. The maximum Gasteiger partial charge on any atom is 0.161 e. The number of aromatic nitrogens is 3. The molecule has 1 fully saturated rings. The average molecular weight is 310 g/mol. The average Bonchev–Trinajstić information content (AvgIpc) is 3.01. The lowest BCUT2D eigenvalue weighted by molar-refractivity contribution is 0.282. The summed E-state index contributed by atoms with van der Waals surface area (Å²) in [6, 6.07) is 4.44. The summed E-state index contributed by atoms with van der Waals surface area (Å²) >= 11 is 0. The predicted molar refractivity (Wildman–Crippen MR) is 89.4 cm³/mol. The fourth-order valence-corrected chi connectivity index (χ4v) is 3.55. The highest BCUT2D eigenvalue weighted by Gasteiger charge is 2.30. The van der Waals surface area contributed by atoms with E-state index in [1.807, 2.05) is 12.1 Å². The van der Waals surface area contributed by atoms with Crippen LogP contribution in [0.3, 0.4) is 0 Å². The maximum absolute atomic E-state index is 9.51. The molecule has 2 aliphatic carbocycles. The van der Waals surface area contributed by atoms with E-state index in [-0.39, 0.29) is 6.61 Å². The first-order valence-corrected chi connectivity index (χ1v) is 8.54. The summed E-state index contributed by atoms with van der Waals surface area (Å²) in [5, 5.41) is 9.51. The van der Waals surface area contributed by atoms with E-state index in [4.69, 9.17) is 9.97 Å². The number of hydrogen-bond acceptors (Lipinski definition) is 5. The zero-order valence-corrected chi connectivity index (χ0v) is 13.3. The molecule has 23 heavy (non-hydrogen) atoms. The second-order valence-corrected chi connectivity index (χ2v) is 6.39. The van der Waals surface area contributed by atoms with Crippen LogP contribution in [0.2, 0.25) is 0 Å². The number of fused-ring (bicyclic) bond motifs is 1. The molecule has 0 saturated heterocycles. The van der Waals surface area contributed by atoms with Crippen molar-refractivity contribution < 1.29 is 5.11 Å². The van der Waals surface area contributed by atoms with Crippen molar-refractivity contribution in [3.8, 4) is 11.4 Å². The van der Waals surface area contributed by atoms with Crippen molar-refractivity contribution in [1.29, 1.82) is 0 Å². The van der Waals surface area contributed by atoms with E-state index in [0.717, 1.165) is 36.5 Å². The van der Waals surface area contributed by atoms with Crippen LogP contribution in [-0.2, 0) is 12.8 Å². The second-order valence-electron chi connectivity index (χ2n) is 6.39. The van der Waals surface area contributed by atoms with Crippen LogP contribution in [0.15, 0.2) is 24.5 Å². The monoisotopic (exact) mass is 310 g/mol. The number of pyridine rings is 1. The highest BCUT2D eigenvalue weighted by molar-refractivity contribution is 5.61. The van der Waals surface area contributed by atoms with Gasteiger partial charge in [0.05, 0.1) is 6.61 Å². The lowest BCUT2D eigenvalue weighted by atomic mass is 9.91. The molecule has 0 unspecified atom stereocenters. The molecule has 0 atom stereocenters. The summed E-state index contributed by atoms with van der Waals surface area (Å²) in [5.74, 6) is 1.84. The van der Waals surface area contributed by atoms with Crippen molar-refractivity contribution in [2.75, 3.05) is 18.1 Å². The van der Waals surface area contributed by atoms with E-state index in [1.165, 1.54) is 30.5 Å². The number of hydrogen-bond donors (Lipinski definition) is 1. The Kier molecular flexibility index (Phi) is 3.95. The number of aliphatic hydroxyl groups excluding tert-OH is 1. The molecule has 2 heterocycles. The molecular weight excluding hydrogens is 288 g/mol. The zero-order valence-electron chi connectivity index (χ0n) is 13.3. The van der Waals surface area contributed by atoms with Gasteiger partial charge in [-0.05, 0) is 50.7 Å². The Bertz CT molecular complexity index is 685. The summed E-state index contributed by atoms with van der Waals surface area (Å²) in [6.45, 7) is 0.823. The molecule has 5 nitrogen and oxygen atoms in total. The molecule has 1 N–H and O–H groups in total. The molecule has 2 aromatic rings. The summed E-state index contributed by atoms with van der Waals surface area (Å²) in [4.78, 5) is 16.1. The van der Waals surface area contributed by atoms with Crippen LogP contribution in [0.5, 0.6) is 0 Å². The van der Waals surface area contributed by atoms with E-state index in [2.05, 4.69) is 9.88 Å². The lowest BCUT2D eigenvalue weighted by Gasteiger charge is -2.39. The molecule has 120 valence electrons. The van der Waals surface area contributed by atoms with Gasteiger partial charge in [-0.25, -0.2) is 9.97 Å². The minimum Gasteiger partial charge on any atom is -0.395 e. The van der Waals surface area contributed by atoms with Crippen molar-refractivity contribution in [2.24, 2.45) is 0 Å². The minimum atomic E-state index is 0.167. The summed E-state index contributed by atoms with van der Waals surface area (Å²) in [6.07, 6.45) is 10.5. The van der Waals surface area contributed by atoms with Crippen LogP contribution in [0.1, 0.15) is 36.9 Å². The summed E-state index contributed by atoms with van der Waals surface area (Å²) in [5.41, 5.74) is 3.49. The first kappa shape index (κ1) is 14.6. The molecule has 0 aliphatic heterocycles. The fraction of sp³-hybridized carbons (Fsp3) is 0.500. The van der Waals surface area contributed by atoms with Gasteiger partial charge in [-0.1, -0.05) is 0 Å². The molecule has 0 spiro atoms. The second kappa shape index (κ2) is 6.24. The standard InChI is InChI=1S/C18H22N4O/c23-12-11-22(14-3-1-4-14)18-15-5-2-6-16(15)20-17(21-18)13-7-9-19-10-8-13/h7-10,14,23H,1-6,11-12H2. The first-order valence-electron chi connectivity index (χ1n) is 8.54. The largest absolute Gasteiger partial charge is 0.395 e. The summed E-state index contributed by atoms with van der Waals surface area (Å²) in [7, 11) is 0. The number of aryl methyl sites for hydroxylation is 1. The molecule has 0 amide bonds. The minimum absolute atomic E-state index is 0.167. The van der Waals surface area contributed by atoms with Crippen LogP contribution in [0.4, 0.5) is 5.82 Å². The van der Waals surface area contributed by atoms with Gasteiger partial charge in [-0.15, -0.1) is 0 Å². The van der Waals surface area contributed by atoms with Crippen LogP contribution in [0, 0.1) is 0 Å². The van der Waals surface area contributed by atoms with Gasteiger partial charge in [0.15, 0.2) is 5.82 Å². The number of aliphatic hydroxyl groups is 1. The maximum atomic E-state index is 9.51. The van der Waals surface area contributed by atoms with Gasteiger partial charge in [0.25, 0.3) is 0 Å². The SMILES string of the molecule is OCCN(c1nc(-c2ccncc2)nc2c1CCC2)C1CCC1. The van der Waals surface area contributed by atoms with E-state index in [0.29, 0.717) is 12.6 Å². The normalized spacial score (nSPS) is 16.9. The van der Waals surface area contributed by atoms with Crippen LogP contribution in [-0.4, -0.2) is 39.3 Å². The van der Waals surface area contributed by atoms with Crippen LogP contribution in [0.25, 0.3) is 11.4 Å². The number of nitrogens with zero attached hydrogens (tertiary/aromatic N) is 4. The van der Waals surface area contributed by atoms with Crippen molar-refractivity contribution in [1.82, 2.24) is 15.0 Å². The Morgan fingerprint density at radius 2 is 1.91 bits per heavy atom. The Morgan fingerprint density at radius 1 is 1.09 bits per heavy atom. The van der Waals surface area contributed by atoms with E-state index >= 15 is 0 Å². The highest BCUT2D eigenvalue weighted by atomic mass is 16.3. The third-order valence-electron chi connectivity index (χ3n) is 4.98. The smallest absolute Gasteiger partial charge is 0.161 e. The van der Waals surface area contributed by atoms with E-state index < -0.39 is 0 Å². The Balaban J connectivity index is 1.79. The van der Waals surface area contributed by atoms with Crippen LogP contribution >= 0.6 is 0 Å². The topological polar surface area (TPSA) is 62.1 Å². The Labute approximate surface area is 136 Å². The molecule has 2 aliphatic rings. The van der Waals surface area contributed by atoms with Gasteiger partial charge >= 0.3 is 0 Å². The van der Waals surface area contributed by atoms with Gasteiger partial charge < -0.3 is 10.0 Å². The molecule has 4 rings (SSSR count). The molecule has 5 heteroatoms. The van der Waals surface area contributed by atoms with Gasteiger partial charge in [0.2, 0.25) is 0 Å². The predicted octanol–water partition coefficient (Wildman–Crippen LogP) is 2.38. The third-order valence-corrected chi connectivity index (χ3v) is 4.98. The fourth-order valence-electron chi connectivity index (χ4n) is 3.55. The molecule has 2 aromatic heterocycles. The van der Waals surface area contributed by atoms with E-state index in [9.17, 15) is 5.11 Å². The third kappa shape index (κ3) is 2.70. The van der Waals surface area contributed by atoms with Crippen molar-refractivity contribution in [3.63, 3.8) is 0 Å². The Hall–Kier alpha value is -2.01. The molecule has 0 radical (unpaired) electrons. The van der Waals surface area contributed by atoms with Crippen LogP contribution < -0.4 is 4.90 Å². The number of rotatable bonds is 5. The van der Waals surface area contributed by atoms with Gasteiger partial charge in [0.1, 0.15) is 5.82 Å². The van der Waals surface area contributed by atoms with Crippen molar-refractivity contribution in [2.45, 2.75) is 44.6 Å². The van der Waals surface area contributed by atoms with Crippen molar-refractivity contribution in [3.05, 3.63) is 35.8 Å². The molecule has 0 bridgehead atoms. The lowest BCUT2D eigenvalue weighted by Crippen LogP contribution is -2.43. The van der Waals surface area contributed by atoms with Gasteiger partial charge in [-0.2, -0.15) is 0 Å². The van der Waals surface area contributed by atoms with E-state index in [1.54, 1.807) is 12.4 Å². The number of anilines is 1. The van der Waals surface area contributed by atoms with Gasteiger partial charge in [0, 0.05) is 41.8 Å². The summed E-state index contributed by atoms with van der Waals surface area (Å²) < 4.78 is 0.